The Morgan fingerprint density at radius 3 is 2.67 bits per heavy atom. The third-order valence-corrected chi connectivity index (χ3v) is 4.32. The van der Waals surface area contributed by atoms with Gasteiger partial charge in [0, 0.05) is 17.8 Å². The van der Waals surface area contributed by atoms with E-state index >= 15 is 0 Å². The van der Waals surface area contributed by atoms with Crippen molar-refractivity contribution in [2.24, 2.45) is 5.92 Å². The van der Waals surface area contributed by atoms with Crippen LogP contribution in [0.1, 0.15) is 57.5 Å². The predicted molar refractivity (Wildman–Crippen MR) is 86.4 cm³/mol. The van der Waals surface area contributed by atoms with Gasteiger partial charge in [0.2, 0.25) is 0 Å². The molecule has 0 saturated carbocycles. The van der Waals surface area contributed by atoms with Gasteiger partial charge < -0.3 is 10.1 Å². The number of rotatable bonds is 6. The van der Waals surface area contributed by atoms with E-state index in [0.717, 1.165) is 38.2 Å². The summed E-state index contributed by atoms with van der Waals surface area (Å²) in [5.74, 6) is 0.676. The van der Waals surface area contributed by atoms with Crippen molar-refractivity contribution >= 4 is 0 Å². The first-order valence-corrected chi connectivity index (χ1v) is 8.20. The molecule has 1 atom stereocenters. The molecule has 2 heterocycles. The molecular weight excluding hydrogens is 262 g/mol. The first-order chi connectivity index (χ1) is 9.78. The normalized spacial score (nSPS) is 21.4. The van der Waals surface area contributed by atoms with Crippen LogP contribution in [-0.2, 0) is 17.8 Å². The average molecular weight is 293 g/mol. The summed E-state index contributed by atoms with van der Waals surface area (Å²) in [6.45, 7) is 15.9. The summed E-state index contributed by atoms with van der Waals surface area (Å²) in [6.07, 6.45) is 2.57. The van der Waals surface area contributed by atoms with Gasteiger partial charge in [-0.1, -0.05) is 13.8 Å². The Labute approximate surface area is 129 Å². The Hall–Kier alpha value is -0.870. The summed E-state index contributed by atoms with van der Waals surface area (Å²) in [6, 6.07) is 0. The van der Waals surface area contributed by atoms with Crippen molar-refractivity contribution in [1.82, 2.24) is 15.1 Å². The van der Waals surface area contributed by atoms with Gasteiger partial charge in [-0.15, -0.1) is 0 Å². The number of nitrogens with zero attached hydrogens (tertiary/aromatic N) is 2. The zero-order chi connectivity index (χ0) is 15.6. The molecule has 0 radical (unpaired) electrons. The molecular formula is C17H31N3O. The second kappa shape index (κ2) is 6.49. The molecule has 0 aliphatic carbocycles. The van der Waals surface area contributed by atoms with Crippen molar-refractivity contribution in [3.05, 3.63) is 17.0 Å². The van der Waals surface area contributed by atoms with Crippen molar-refractivity contribution in [2.75, 3.05) is 6.54 Å². The van der Waals surface area contributed by atoms with E-state index in [4.69, 9.17) is 9.84 Å². The third-order valence-electron chi connectivity index (χ3n) is 4.32. The van der Waals surface area contributed by atoms with Gasteiger partial charge in [0.1, 0.15) is 0 Å². The second-order valence-corrected chi connectivity index (χ2v) is 7.39. The van der Waals surface area contributed by atoms with Crippen LogP contribution in [0.25, 0.3) is 0 Å². The lowest BCUT2D eigenvalue weighted by atomic mass is 10.1. The van der Waals surface area contributed by atoms with Gasteiger partial charge in [0.15, 0.2) is 0 Å². The summed E-state index contributed by atoms with van der Waals surface area (Å²) < 4.78 is 8.23. The van der Waals surface area contributed by atoms with Gasteiger partial charge in [0.05, 0.1) is 23.9 Å². The molecule has 2 rings (SSSR count). The van der Waals surface area contributed by atoms with Crippen LogP contribution in [-0.4, -0.2) is 28.0 Å². The topological polar surface area (TPSA) is 39.1 Å². The van der Waals surface area contributed by atoms with E-state index in [2.05, 4.69) is 51.5 Å². The smallest absolute Gasteiger partial charge is 0.0779 e. The molecule has 4 nitrogen and oxygen atoms in total. The average Bonchev–Trinajstić information content (AvgIpc) is 2.83. The standard InChI is InChI=1S/C17H31N3O/c1-12(2)9-18-10-16-13(3)19-20(14(16)4)11-15-7-8-17(5,6)21-15/h12,15,18H,7-11H2,1-6H3. The van der Waals surface area contributed by atoms with Gasteiger partial charge in [-0.2, -0.15) is 5.10 Å². The molecule has 0 spiro atoms. The monoisotopic (exact) mass is 293 g/mol. The highest BCUT2D eigenvalue weighted by atomic mass is 16.5. The molecule has 120 valence electrons. The van der Waals surface area contributed by atoms with Crippen molar-refractivity contribution < 1.29 is 4.74 Å². The minimum atomic E-state index is 0.0302. The lowest BCUT2D eigenvalue weighted by Crippen LogP contribution is -2.24. The van der Waals surface area contributed by atoms with Gasteiger partial charge in [-0.3, -0.25) is 4.68 Å². The fourth-order valence-electron chi connectivity index (χ4n) is 3.05. The fourth-order valence-corrected chi connectivity index (χ4v) is 3.05. The molecule has 0 aromatic carbocycles. The summed E-state index contributed by atoms with van der Waals surface area (Å²) in [5, 5.41) is 8.23. The van der Waals surface area contributed by atoms with E-state index in [0.29, 0.717) is 12.0 Å². The highest BCUT2D eigenvalue weighted by Gasteiger charge is 2.32. The maximum Gasteiger partial charge on any atom is 0.0779 e. The number of hydrogen-bond acceptors (Lipinski definition) is 3. The number of ether oxygens (including phenoxy) is 1. The highest BCUT2D eigenvalue weighted by Crippen LogP contribution is 2.30. The molecule has 21 heavy (non-hydrogen) atoms. The minimum absolute atomic E-state index is 0.0302. The second-order valence-electron chi connectivity index (χ2n) is 7.39. The Morgan fingerprint density at radius 2 is 2.10 bits per heavy atom. The first kappa shape index (κ1) is 16.5. The Balaban J connectivity index is 1.98. The van der Waals surface area contributed by atoms with Crippen molar-refractivity contribution in [1.29, 1.82) is 0 Å². The van der Waals surface area contributed by atoms with E-state index in [1.54, 1.807) is 0 Å². The lowest BCUT2D eigenvalue weighted by Gasteiger charge is -2.19. The van der Waals surface area contributed by atoms with Gasteiger partial charge in [-0.05, 0) is 53.0 Å². The van der Waals surface area contributed by atoms with Crippen LogP contribution in [0.4, 0.5) is 0 Å². The van der Waals surface area contributed by atoms with Crippen LogP contribution in [0.15, 0.2) is 0 Å². The van der Waals surface area contributed by atoms with Crippen LogP contribution in [0.2, 0.25) is 0 Å². The summed E-state index contributed by atoms with van der Waals surface area (Å²) in [7, 11) is 0. The number of aryl methyl sites for hydroxylation is 1. The van der Waals surface area contributed by atoms with E-state index in [1.807, 2.05) is 0 Å². The summed E-state index contributed by atoms with van der Waals surface area (Å²) in [4.78, 5) is 0. The zero-order valence-corrected chi connectivity index (χ0v) is 14.5. The van der Waals surface area contributed by atoms with Crippen molar-refractivity contribution in [2.45, 2.75) is 79.2 Å². The molecule has 1 unspecified atom stereocenters. The molecule has 1 saturated heterocycles. The maximum absolute atomic E-state index is 6.09. The van der Waals surface area contributed by atoms with E-state index < -0.39 is 0 Å². The highest BCUT2D eigenvalue weighted by molar-refractivity contribution is 5.24. The maximum atomic E-state index is 6.09. The van der Waals surface area contributed by atoms with Crippen LogP contribution in [0.3, 0.4) is 0 Å². The molecule has 1 aliphatic rings. The Bertz CT molecular complexity index is 477. The molecule has 1 aliphatic heterocycles. The quantitative estimate of drug-likeness (QED) is 0.875. The molecule has 4 heteroatoms. The molecule has 1 aromatic rings. The van der Waals surface area contributed by atoms with Crippen LogP contribution < -0.4 is 5.32 Å². The van der Waals surface area contributed by atoms with Crippen molar-refractivity contribution in [3.8, 4) is 0 Å². The lowest BCUT2D eigenvalue weighted by molar-refractivity contribution is -0.0232. The SMILES string of the molecule is Cc1nn(CC2CCC(C)(C)O2)c(C)c1CNCC(C)C. The minimum Gasteiger partial charge on any atom is -0.370 e. The van der Waals surface area contributed by atoms with Gasteiger partial charge in [0.25, 0.3) is 0 Å². The molecule has 1 aromatic heterocycles. The van der Waals surface area contributed by atoms with Crippen LogP contribution in [0.5, 0.6) is 0 Å². The number of nitrogens with one attached hydrogen (secondary N) is 1. The largest absolute Gasteiger partial charge is 0.370 e. The van der Waals surface area contributed by atoms with Crippen LogP contribution >= 0.6 is 0 Å². The zero-order valence-electron chi connectivity index (χ0n) is 14.5. The van der Waals surface area contributed by atoms with Crippen LogP contribution in [0, 0.1) is 19.8 Å². The molecule has 0 bridgehead atoms. The first-order valence-electron chi connectivity index (χ1n) is 8.20. The summed E-state index contributed by atoms with van der Waals surface area (Å²) in [5.41, 5.74) is 3.79. The molecule has 1 fully saturated rings. The molecule has 1 N–H and O–H groups in total. The van der Waals surface area contributed by atoms with E-state index in [-0.39, 0.29) is 5.60 Å². The Kier molecular flexibility index (Phi) is 5.10. The van der Waals surface area contributed by atoms with Crippen molar-refractivity contribution in [3.63, 3.8) is 0 Å². The van der Waals surface area contributed by atoms with E-state index in [1.165, 1.54) is 11.3 Å². The summed E-state index contributed by atoms with van der Waals surface area (Å²) >= 11 is 0. The molecule has 0 amide bonds. The van der Waals surface area contributed by atoms with Gasteiger partial charge in [-0.25, -0.2) is 0 Å². The fraction of sp³-hybridized carbons (Fsp3) is 0.824. The van der Waals surface area contributed by atoms with E-state index in [9.17, 15) is 0 Å². The number of aromatic nitrogens is 2. The Morgan fingerprint density at radius 1 is 1.38 bits per heavy atom. The third kappa shape index (κ3) is 4.30. The van der Waals surface area contributed by atoms with Gasteiger partial charge >= 0.3 is 0 Å². The predicted octanol–water partition coefficient (Wildman–Crippen LogP) is 3.20. The number of hydrogen-bond donors (Lipinski definition) is 1.